The molecule has 2 rings (SSSR count). The number of ether oxygens (including phenoxy) is 2. The molecular weight excluding hydrogens is 386 g/mol. The van der Waals surface area contributed by atoms with Crippen molar-refractivity contribution in [2.24, 2.45) is 0 Å². The lowest BCUT2D eigenvalue weighted by molar-refractivity contribution is -0.132. The summed E-state index contributed by atoms with van der Waals surface area (Å²) in [4.78, 5) is 37.7. The van der Waals surface area contributed by atoms with Gasteiger partial charge < -0.3 is 25.0 Å². The molecule has 1 heterocycles. The van der Waals surface area contributed by atoms with Crippen molar-refractivity contribution in [1.82, 2.24) is 15.5 Å². The Bertz CT molecular complexity index is 694. The monoisotopic (exact) mass is 419 g/mol. The second-order valence-corrected chi connectivity index (χ2v) is 8.39. The Hall–Kier alpha value is -2.77. The van der Waals surface area contributed by atoms with Crippen LogP contribution in [0.2, 0.25) is 0 Å². The molecule has 1 fully saturated rings. The van der Waals surface area contributed by atoms with Gasteiger partial charge in [-0.1, -0.05) is 30.3 Å². The van der Waals surface area contributed by atoms with E-state index in [1.807, 2.05) is 51.1 Å². The van der Waals surface area contributed by atoms with Crippen LogP contribution in [0.4, 0.5) is 9.59 Å². The first-order chi connectivity index (χ1) is 14.2. The molecule has 1 aliphatic heterocycles. The maximum atomic E-state index is 12.3. The van der Waals surface area contributed by atoms with E-state index in [4.69, 9.17) is 9.47 Å². The molecule has 1 saturated heterocycles. The average Bonchev–Trinajstić information content (AvgIpc) is 2.69. The first-order valence-electron chi connectivity index (χ1n) is 10.4. The minimum absolute atomic E-state index is 0.0185. The molecule has 0 radical (unpaired) electrons. The van der Waals surface area contributed by atoms with E-state index in [1.54, 1.807) is 4.90 Å². The van der Waals surface area contributed by atoms with E-state index in [-0.39, 0.29) is 18.6 Å². The van der Waals surface area contributed by atoms with Crippen LogP contribution in [-0.4, -0.2) is 54.3 Å². The summed E-state index contributed by atoms with van der Waals surface area (Å²) in [6.45, 7) is 7.29. The highest BCUT2D eigenvalue weighted by Crippen LogP contribution is 2.14. The van der Waals surface area contributed by atoms with Crippen LogP contribution in [0, 0.1) is 0 Å². The molecule has 0 spiro atoms. The predicted octanol–water partition coefficient (Wildman–Crippen LogP) is 3.21. The van der Waals surface area contributed by atoms with Gasteiger partial charge in [-0.25, -0.2) is 9.59 Å². The van der Waals surface area contributed by atoms with Crippen molar-refractivity contribution in [3.63, 3.8) is 0 Å². The number of rotatable bonds is 7. The van der Waals surface area contributed by atoms with E-state index in [0.717, 1.165) is 5.56 Å². The number of hydrogen-bond acceptors (Lipinski definition) is 5. The third-order valence-corrected chi connectivity index (χ3v) is 4.62. The van der Waals surface area contributed by atoms with Crippen LogP contribution in [0.15, 0.2) is 30.3 Å². The average molecular weight is 420 g/mol. The topological polar surface area (TPSA) is 97.0 Å². The Morgan fingerprint density at radius 2 is 1.73 bits per heavy atom. The standard InChI is InChI=1S/C22H33N3O5/c1-22(2,3)30-21(28)24-18-11-14-25(15-12-18)19(26)10-7-13-23-20(27)29-16-17-8-5-4-6-9-17/h4-6,8-9,18H,7,10-16H2,1-3H3,(H,23,27)(H,24,28). The van der Waals surface area contributed by atoms with Crippen molar-refractivity contribution in [3.8, 4) is 0 Å². The Morgan fingerprint density at radius 3 is 2.37 bits per heavy atom. The molecule has 1 aromatic carbocycles. The van der Waals surface area contributed by atoms with E-state index in [9.17, 15) is 14.4 Å². The van der Waals surface area contributed by atoms with Gasteiger partial charge in [-0.3, -0.25) is 4.79 Å². The zero-order valence-electron chi connectivity index (χ0n) is 18.1. The summed E-state index contributed by atoms with van der Waals surface area (Å²) in [5.41, 5.74) is 0.398. The Balaban J connectivity index is 1.55. The van der Waals surface area contributed by atoms with E-state index in [0.29, 0.717) is 45.3 Å². The molecule has 3 amide bonds. The largest absolute Gasteiger partial charge is 0.445 e. The molecule has 1 aliphatic rings. The van der Waals surface area contributed by atoms with Crippen LogP contribution in [-0.2, 0) is 20.9 Å². The Labute approximate surface area is 178 Å². The van der Waals surface area contributed by atoms with Crippen molar-refractivity contribution < 1.29 is 23.9 Å². The molecule has 0 unspecified atom stereocenters. The number of nitrogens with one attached hydrogen (secondary N) is 2. The van der Waals surface area contributed by atoms with Gasteiger partial charge in [0.1, 0.15) is 12.2 Å². The summed E-state index contributed by atoms with van der Waals surface area (Å²) in [5, 5.41) is 5.53. The van der Waals surface area contributed by atoms with E-state index in [2.05, 4.69) is 10.6 Å². The SMILES string of the molecule is CC(C)(C)OC(=O)NC1CCN(C(=O)CCCNC(=O)OCc2ccccc2)CC1. The van der Waals surface area contributed by atoms with Crippen molar-refractivity contribution in [1.29, 1.82) is 0 Å². The molecule has 8 nitrogen and oxygen atoms in total. The molecule has 0 aromatic heterocycles. The maximum Gasteiger partial charge on any atom is 0.407 e. The highest BCUT2D eigenvalue weighted by Gasteiger charge is 2.25. The van der Waals surface area contributed by atoms with Gasteiger partial charge in [-0.2, -0.15) is 0 Å². The number of likely N-dealkylation sites (tertiary alicyclic amines) is 1. The van der Waals surface area contributed by atoms with Crippen molar-refractivity contribution in [2.45, 2.75) is 64.7 Å². The number of amides is 3. The maximum absolute atomic E-state index is 12.3. The van der Waals surface area contributed by atoms with Gasteiger partial charge in [0.05, 0.1) is 0 Å². The van der Waals surface area contributed by atoms with Gasteiger partial charge in [0.15, 0.2) is 0 Å². The molecule has 2 N–H and O–H groups in total. The zero-order valence-corrected chi connectivity index (χ0v) is 18.1. The number of hydrogen-bond donors (Lipinski definition) is 2. The fraction of sp³-hybridized carbons (Fsp3) is 0.591. The Kier molecular flexibility index (Phi) is 8.95. The second kappa shape index (κ2) is 11.4. The molecule has 0 atom stereocenters. The summed E-state index contributed by atoms with van der Waals surface area (Å²) in [5.74, 6) is 0.0603. The van der Waals surface area contributed by atoms with Gasteiger partial charge >= 0.3 is 12.2 Å². The number of carbonyl (C=O) groups excluding carboxylic acids is 3. The normalized spacial score (nSPS) is 14.7. The number of carbonyl (C=O) groups is 3. The Morgan fingerprint density at radius 1 is 1.07 bits per heavy atom. The lowest BCUT2D eigenvalue weighted by Gasteiger charge is -2.33. The molecule has 0 bridgehead atoms. The van der Waals surface area contributed by atoms with E-state index < -0.39 is 17.8 Å². The molecule has 166 valence electrons. The smallest absolute Gasteiger partial charge is 0.407 e. The lowest BCUT2D eigenvalue weighted by atomic mass is 10.0. The van der Waals surface area contributed by atoms with Gasteiger partial charge in [-0.15, -0.1) is 0 Å². The summed E-state index contributed by atoms with van der Waals surface area (Å²) >= 11 is 0. The minimum atomic E-state index is -0.525. The van der Waals surface area contributed by atoms with Gasteiger partial charge in [-0.05, 0) is 45.6 Å². The first-order valence-corrected chi connectivity index (χ1v) is 10.4. The fourth-order valence-corrected chi connectivity index (χ4v) is 3.11. The molecule has 0 aliphatic carbocycles. The van der Waals surface area contributed by atoms with Crippen molar-refractivity contribution in [3.05, 3.63) is 35.9 Å². The van der Waals surface area contributed by atoms with Crippen molar-refractivity contribution in [2.75, 3.05) is 19.6 Å². The predicted molar refractivity (Wildman–Crippen MR) is 113 cm³/mol. The van der Waals surface area contributed by atoms with Crippen LogP contribution in [0.5, 0.6) is 0 Å². The lowest BCUT2D eigenvalue weighted by Crippen LogP contribution is -2.47. The van der Waals surface area contributed by atoms with Crippen LogP contribution in [0.1, 0.15) is 52.0 Å². The molecule has 30 heavy (non-hydrogen) atoms. The fourth-order valence-electron chi connectivity index (χ4n) is 3.11. The third kappa shape index (κ3) is 9.15. The summed E-state index contributed by atoms with van der Waals surface area (Å²) in [7, 11) is 0. The van der Waals surface area contributed by atoms with Gasteiger partial charge in [0, 0.05) is 32.1 Å². The summed E-state index contributed by atoms with van der Waals surface area (Å²) in [6, 6.07) is 9.47. The zero-order chi connectivity index (χ0) is 22.0. The third-order valence-electron chi connectivity index (χ3n) is 4.62. The molecule has 0 saturated carbocycles. The molecular formula is C22H33N3O5. The van der Waals surface area contributed by atoms with Crippen LogP contribution in [0.25, 0.3) is 0 Å². The van der Waals surface area contributed by atoms with Crippen LogP contribution in [0.3, 0.4) is 0 Å². The van der Waals surface area contributed by atoms with E-state index in [1.165, 1.54) is 0 Å². The highest BCUT2D eigenvalue weighted by molar-refractivity contribution is 5.76. The number of piperidine rings is 1. The summed E-state index contributed by atoms with van der Waals surface area (Å²) in [6.07, 6.45) is 1.42. The van der Waals surface area contributed by atoms with Gasteiger partial charge in [0.25, 0.3) is 0 Å². The van der Waals surface area contributed by atoms with Crippen molar-refractivity contribution >= 4 is 18.1 Å². The number of nitrogens with zero attached hydrogens (tertiary/aromatic N) is 1. The molecule has 8 heteroatoms. The summed E-state index contributed by atoms with van der Waals surface area (Å²) < 4.78 is 10.4. The van der Waals surface area contributed by atoms with Gasteiger partial charge in [0.2, 0.25) is 5.91 Å². The number of alkyl carbamates (subject to hydrolysis) is 2. The molecule has 1 aromatic rings. The van der Waals surface area contributed by atoms with Crippen LogP contribution >= 0.6 is 0 Å². The van der Waals surface area contributed by atoms with E-state index >= 15 is 0 Å². The highest BCUT2D eigenvalue weighted by atomic mass is 16.6. The second-order valence-electron chi connectivity index (χ2n) is 8.39. The quantitative estimate of drug-likeness (QED) is 0.662. The first kappa shape index (κ1) is 23.5. The van der Waals surface area contributed by atoms with Crippen LogP contribution < -0.4 is 10.6 Å². The number of benzene rings is 1. The minimum Gasteiger partial charge on any atom is -0.445 e.